The van der Waals surface area contributed by atoms with E-state index in [1.54, 1.807) is 6.08 Å². The average molecular weight is 640 g/mol. The maximum atomic E-state index is 12.8. The van der Waals surface area contributed by atoms with Gasteiger partial charge >= 0.3 is 0 Å². The first-order valence-corrected chi connectivity index (χ1v) is 17.7. The second-order valence-electron chi connectivity index (χ2n) is 12.3. The molecule has 6 N–H and O–H groups in total. The third-order valence-electron chi connectivity index (χ3n) is 8.20. The van der Waals surface area contributed by atoms with E-state index in [0.29, 0.717) is 6.42 Å². The fraction of sp³-hybridized carbons (Fsp3) is 0.806. The summed E-state index contributed by atoms with van der Waals surface area (Å²) in [6.45, 7) is 3.65. The van der Waals surface area contributed by atoms with Crippen LogP contribution in [0.3, 0.4) is 0 Å². The molecule has 1 aliphatic rings. The number of hydrogen-bond acceptors (Lipinski definition) is 8. The van der Waals surface area contributed by atoms with Gasteiger partial charge < -0.3 is 40.3 Å². The molecule has 45 heavy (non-hydrogen) atoms. The largest absolute Gasteiger partial charge is 0.394 e. The molecule has 7 unspecified atom stereocenters. The lowest BCUT2D eigenvalue weighted by atomic mass is 9.99. The first-order valence-electron chi connectivity index (χ1n) is 17.7. The highest BCUT2D eigenvalue weighted by molar-refractivity contribution is 5.76. The molecule has 0 spiro atoms. The summed E-state index contributed by atoms with van der Waals surface area (Å²) in [7, 11) is 0. The monoisotopic (exact) mass is 639 g/mol. The molecule has 0 aromatic heterocycles. The third kappa shape index (κ3) is 19.6. The second kappa shape index (κ2) is 27.5. The van der Waals surface area contributed by atoms with Crippen LogP contribution >= 0.6 is 0 Å². The smallest absolute Gasteiger partial charge is 0.220 e. The van der Waals surface area contributed by atoms with Crippen LogP contribution in [0.5, 0.6) is 0 Å². The number of unbranched alkanes of at least 4 members (excludes halogenated alkanes) is 13. The highest BCUT2D eigenvalue weighted by atomic mass is 16.7. The Morgan fingerprint density at radius 2 is 1.27 bits per heavy atom. The molecule has 9 nitrogen and oxygen atoms in total. The number of amides is 1. The zero-order chi connectivity index (χ0) is 33.1. The number of nitrogens with one attached hydrogen (secondary N) is 1. The number of carbonyl (C=O) groups is 1. The van der Waals surface area contributed by atoms with Gasteiger partial charge in [-0.05, 0) is 44.9 Å². The van der Waals surface area contributed by atoms with E-state index in [-0.39, 0.29) is 12.5 Å². The van der Waals surface area contributed by atoms with Crippen LogP contribution in [0, 0.1) is 0 Å². The molecule has 0 radical (unpaired) electrons. The van der Waals surface area contributed by atoms with Crippen molar-refractivity contribution < 1.29 is 39.8 Å². The molecule has 1 saturated heterocycles. The Kier molecular flexibility index (Phi) is 25.3. The van der Waals surface area contributed by atoms with Gasteiger partial charge in [0.05, 0.1) is 25.4 Å². The van der Waals surface area contributed by atoms with E-state index in [0.717, 1.165) is 51.4 Å². The molecule has 0 aromatic rings. The van der Waals surface area contributed by atoms with Crippen LogP contribution in [-0.2, 0) is 14.3 Å². The molecule has 1 aliphatic heterocycles. The normalized spacial score (nSPS) is 23.8. The van der Waals surface area contributed by atoms with Crippen molar-refractivity contribution in [3.05, 3.63) is 36.5 Å². The summed E-state index contributed by atoms with van der Waals surface area (Å²) in [5, 5.41) is 53.7. The van der Waals surface area contributed by atoms with Crippen LogP contribution in [0.1, 0.15) is 129 Å². The lowest BCUT2D eigenvalue weighted by Gasteiger charge is -2.40. The zero-order valence-electron chi connectivity index (χ0n) is 28.1. The van der Waals surface area contributed by atoms with E-state index in [1.807, 2.05) is 6.08 Å². The average Bonchev–Trinajstić information content (AvgIpc) is 3.04. The van der Waals surface area contributed by atoms with Gasteiger partial charge in [0.1, 0.15) is 24.4 Å². The summed E-state index contributed by atoms with van der Waals surface area (Å²) in [5.41, 5.74) is 0. The Hall–Kier alpha value is -1.59. The lowest BCUT2D eigenvalue weighted by molar-refractivity contribution is -0.302. The molecular weight excluding hydrogens is 574 g/mol. The van der Waals surface area contributed by atoms with Crippen molar-refractivity contribution in [1.29, 1.82) is 0 Å². The number of hydrogen-bond donors (Lipinski definition) is 6. The van der Waals surface area contributed by atoms with Crippen molar-refractivity contribution in [2.24, 2.45) is 0 Å². The highest BCUT2D eigenvalue weighted by Gasteiger charge is 2.44. The summed E-state index contributed by atoms with van der Waals surface area (Å²) in [4.78, 5) is 12.8. The predicted molar refractivity (Wildman–Crippen MR) is 180 cm³/mol. The van der Waals surface area contributed by atoms with E-state index < -0.39 is 49.5 Å². The Bertz CT molecular complexity index is 802. The summed E-state index contributed by atoms with van der Waals surface area (Å²) < 4.78 is 11.1. The summed E-state index contributed by atoms with van der Waals surface area (Å²) >= 11 is 0. The molecule has 1 rings (SSSR count). The predicted octanol–water partition coefficient (Wildman–Crippen LogP) is 5.38. The molecule has 1 fully saturated rings. The third-order valence-corrected chi connectivity index (χ3v) is 8.20. The van der Waals surface area contributed by atoms with Gasteiger partial charge in [-0.15, -0.1) is 0 Å². The van der Waals surface area contributed by atoms with E-state index in [4.69, 9.17) is 9.47 Å². The molecule has 0 bridgehead atoms. The minimum absolute atomic E-state index is 0.199. The van der Waals surface area contributed by atoms with E-state index >= 15 is 0 Å². The Morgan fingerprint density at radius 3 is 1.87 bits per heavy atom. The summed E-state index contributed by atoms with van der Waals surface area (Å²) in [6.07, 6.45) is 23.4. The highest BCUT2D eigenvalue weighted by Crippen LogP contribution is 2.22. The molecule has 9 heteroatoms. The van der Waals surface area contributed by atoms with Crippen molar-refractivity contribution in [2.45, 2.75) is 172 Å². The van der Waals surface area contributed by atoms with E-state index in [2.05, 4.69) is 43.5 Å². The number of ether oxygens (including phenoxy) is 2. The summed E-state index contributed by atoms with van der Waals surface area (Å²) in [6, 6.07) is -0.820. The standard InChI is InChI=1S/C36H65NO8/c1-3-5-7-9-11-13-14-15-16-18-19-21-23-25-30(39)29(28-44-36-35(43)34(42)33(41)31(27-38)45-36)37-32(40)26-24-22-20-17-12-10-8-6-4-2/h11,13,16,18,23,25,29-31,33-36,38-39,41-43H,3-10,12,14-15,17,19-22,24,26-28H2,1-2H3,(H,37,40)/b13-11+,18-16+,25-23+. The molecule has 1 amide bonds. The lowest BCUT2D eigenvalue weighted by Crippen LogP contribution is -2.60. The van der Waals surface area contributed by atoms with Crippen molar-refractivity contribution in [2.75, 3.05) is 13.2 Å². The van der Waals surface area contributed by atoms with E-state index in [9.17, 15) is 30.3 Å². The van der Waals surface area contributed by atoms with Gasteiger partial charge in [0, 0.05) is 6.42 Å². The van der Waals surface area contributed by atoms with Crippen LogP contribution < -0.4 is 5.32 Å². The number of rotatable bonds is 27. The zero-order valence-corrected chi connectivity index (χ0v) is 28.1. The first-order chi connectivity index (χ1) is 21.8. The van der Waals surface area contributed by atoms with Gasteiger partial charge in [-0.25, -0.2) is 0 Å². The number of allylic oxidation sites excluding steroid dienone is 5. The maximum Gasteiger partial charge on any atom is 0.220 e. The minimum atomic E-state index is -1.57. The molecular formula is C36H65NO8. The number of aliphatic hydroxyl groups excluding tert-OH is 5. The molecule has 0 aromatic carbocycles. The van der Waals surface area contributed by atoms with Crippen molar-refractivity contribution >= 4 is 5.91 Å². The SMILES string of the molecule is CCCCC/C=C/CC/C=C/CC/C=C/C(O)C(COC1OC(CO)C(O)C(O)C1O)NC(=O)CCCCCCCCCCC. The Labute approximate surface area is 272 Å². The second-order valence-corrected chi connectivity index (χ2v) is 12.3. The van der Waals surface area contributed by atoms with Crippen LogP contribution in [0.25, 0.3) is 0 Å². The van der Waals surface area contributed by atoms with Crippen LogP contribution in [0.4, 0.5) is 0 Å². The van der Waals surface area contributed by atoms with Gasteiger partial charge in [-0.3, -0.25) is 4.79 Å². The van der Waals surface area contributed by atoms with Crippen LogP contribution in [0.2, 0.25) is 0 Å². The molecule has 0 saturated carbocycles. The van der Waals surface area contributed by atoms with Crippen LogP contribution in [0.15, 0.2) is 36.5 Å². The summed E-state index contributed by atoms with van der Waals surface area (Å²) in [5.74, 6) is -0.199. The van der Waals surface area contributed by atoms with Crippen molar-refractivity contribution in [3.63, 3.8) is 0 Å². The molecule has 1 heterocycles. The maximum absolute atomic E-state index is 12.8. The topological polar surface area (TPSA) is 149 Å². The van der Waals surface area contributed by atoms with E-state index in [1.165, 1.54) is 57.8 Å². The molecule has 262 valence electrons. The molecule has 7 atom stereocenters. The quantitative estimate of drug-likeness (QED) is 0.0519. The van der Waals surface area contributed by atoms with Gasteiger partial charge in [-0.1, -0.05) is 115 Å². The van der Waals surface area contributed by atoms with Gasteiger partial charge in [0.25, 0.3) is 0 Å². The van der Waals surface area contributed by atoms with Crippen LogP contribution in [-0.4, -0.2) is 87.5 Å². The van der Waals surface area contributed by atoms with Crippen molar-refractivity contribution in [1.82, 2.24) is 5.32 Å². The van der Waals surface area contributed by atoms with Gasteiger partial charge in [0.2, 0.25) is 5.91 Å². The number of carbonyl (C=O) groups excluding carboxylic acids is 1. The van der Waals surface area contributed by atoms with Gasteiger partial charge in [-0.2, -0.15) is 0 Å². The number of aliphatic hydroxyl groups is 5. The van der Waals surface area contributed by atoms with Crippen molar-refractivity contribution in [3.8, 4) is 0 Å². The van der Waals surface area contributed by atoms with Gasteiger partial charge in [0.15, 0.2) is 6.29 Å². The Balaban J connectivity index is 2.56. The fourth-order valence-electron chi connectivity index (χ4n) is 5.24. The minimum Gasteiger partial charge on any atom is -0.394 e. The molecule has 0 aliphatic carbocycles. The first kappa shape index (κ1) is 41.4. The fourth-order valence-corrected chi connectivity index (χ4v) is 5.24. The Morgan fingerprint density at radius 1 is 0.733 bits per heavy atom.